The fraction of sp³-hybridized carbons (Fsp3) is 1.00. The van der Waals surface area contributed by atoms with Crippen LogP contribution in [0.15, 0.2) is 0 Å². The molecule has 108 valence electrons. The summed E-state index contributed by atoms with van der Waals surface area (Å²) in [5.41, 5.74) is 0.312. The third kappa shape index (κ3) is 6.17. The molecular formula is C15H31NO2. The summed E-state index contributed by atoms with van der Waals surface area (Å²) in [6.45, 7) is 12.4. The maximum Gasteiger partial charge on any atom is 0.0535 e. The van der Waals surface area contributed by atoms with Crippen LogP contribution in [-0.2, 0) is 9.47 Å². The minimum atomic E-state index is 0.312. The van der Waals surface area contributed by atoms with Crippen LogP contribution in [-0.4, -0.2) is 39.5 Å². The summed E-state index contributed by atoms with van der Waals surface area (Å²) in [5.74, 6) is 0.735. The summed E-state index contributed by atoms with van der Waals surface area (Å²) in [7, 11) is 0. The minimum Gasteiger partial charge on any atom is -0.381 e. The Balaban J connectivity index is 2.23. The Kier molecular flexibility index (Phi) is 7.87. The monoisotopic (exact) mass is 257 g/mol. The van der Waals surface area contributed by atoms with Gasteiger partial charge in [-0.15, -0.1) is 0 Å². The highest BCUT2D eigenvalue weighted by Gasteiger charge is 2.32. The molecule has 0 amide bonds. The van der Waals surface area contributed by atoms with Gasteiger partial charge in [0.2, 0.25) is 0 Å². The van der Waals surface area contributed by atoms with Crippen molar-refractivity contribution in [3.05, 3.63) is 0 Å². The Bertz CT molecular complexity index is 201. The molecule has 3 heteroatoms. The predicted molar refractivity (Wildman–Crippen MR) is 75.9 cm³/mol. The van der Waals surface area contributed by atoms with E-state index < -0.39 is 0 Å². The lowest BCUT2D eigenvalue weighted by Gasteiger charge is -2.37. The Morgan fingerprint density at radius 2 is 2.17 bits per heavy atom. The van der Waals surface area contributed by atoms with Gasteiger partial charge in [-0.25, -0.2) is 0 Å². The van der Waals surface area contributed by atoms with Crippen LogP contribution in [0.1, 0.15) is 46.5 Å². The first-order chi connectivity index (χ1) is 8.68. The molecule has 18 heavy (non-hydrogen) atoms. The van der Waals surface area contributed by atoms with Crippen LogP contribution in [0.2, 0.25) is 0 Å². The molecule has 1 aliphatic heterocycles. The van der Waals surface area contributed by atoms with Crippen molar-refractivity contribution in [2.24, 2.45) is 11.3 Å². The van der Waals surface area contributed by atoms with Gasteiger partial charge in [0.1, 0.15) is 0 Å². The van der Waals surface area contributed by atoms with Crippen molar-refractivity contribution in [2.75, 3.05) is 39.5 Å². The minimum absolute atomic E-state index is 0.312. The largest absolute Gasteiger partial charge is 0.381 e. The van der Waals surface area contributed by atoms with Crippen LogP contribution in [0.5, 0.6) is 0 Å². The van der Waals surface area contributed by atoms with Gasteiger partial charge in [-0.3, -0.25) is 0 Å². The number of hydrogen-bond donors (Lipinski definition) is 1. The SMILES string of the molecule is CCNCC1(CCOCCC(C)C)CCCOC1. The fourth-order valence-corrected chi connectivity index (χ4v) is 2.43. The molecule has 0 aliphatic carbocycles. The zero-order valence-corrected chi connectivity index (χ0v) is 12.5. The molecule has 0 saturated carbocycles. The number of nitrogens with one attached hydrogen (secondary N) is 1. The normalized spacial score (nSPS) is 24.7. The molecule has 0 aromatic heterocycles. The summed E-state index contributed by atoms with van der Waals surface area (Å²) in [6, 6.07) is 0. The molecule has 1 heterocycles. The highest BCUT2D eigenvalue weighted by Crippen LogP contribution is 2.31. The molecule has 1 N–H and O–H groups in total. The van der Waals surface area contributed by atoms with Crippen LogP contribution < -0.4 is 5.32 Å². The first kappa shape index (κ1) is 15.9. The van der Waals surface area contributed by atoms with Crippen molar-refractivity contribution in [3.63, 3.8) is 0 Å². The zero-order valence-electron chi connectivity index (χ0n) is 12.5. The second-order valence-electron chi connectivity index (χ2n) is 5.98. The Labute approximate surface area is 113 Å². The lowest BCUT2D eigenvalue weighted by molar-refractivity contribution is -0.0275. The maximum atomic E-state index is 5.77. The summed E-state index contributed by atoms with van der Waals surface area (Å²) in [5, 5.41) is 3.48. The van der Waals surface area contributed by atoms with Gasteiger partial charge in [0.05, 0.1) is 6.61 Å². The fourth-order valence-electron chi connectivity index (χ4n) is 2.43. The number of hydrogen-bond acceptors (Lipinski definition) is 3. The highest BCUT2D eigenvalue weighted by atomic mass is 16.5. The van der Waals surface area contributed by atoms with E-state index in [1.165, 1.54) is 12.8 Å². The van der Waals surface area contributed by atoms with Crippen molar-refractivity contribution in [1.29, 1.82) is 0 Å². The molecule has 0 radical (unpaired) electrons. The summed E-state index contributed by atoms with van der Waals surface area (Å²) >= 11 is 0. The van der Waals surface area contributed by atoms with Crippen molar-refractivity contribution in [2.45, 2.75) is 46.5 Å². The molecule has 1 rings (SSSR count). The van der Waals surface area contributed by atoms with Gasteiger partial charge in [-0.1, -0.05) is 20.8 Å². The van der Waals surface area contributed by atoms with E-state index in [-0.39, 0.29) is 0 Å². The molecule has 0 spiro atoms. The quantitative estimate of drug-likeness (QED) is 0.644. The van der Waals surface area contributed by atoms with E-state index >= 15 is 0 Å². The van der Waals surface area contributed by atoms with E-state index in [1.54, 1.807) is 0 Å². The lowest BCUT2D eigenvalue weighted by atomic mass is 9.79. The van der Waals surface area contributed by atoms with Gasteiger partial charge in [-0.05, 0) is 38.1 Å². The van der Waals surface area contributed by atoms with E-state index in [9.17, 15) is 0 Å². The lowest BCUT2D eigenvalue weighted by Crippen LogP contribution is -2.42. The molecule has 0 aromatic carbocycles. The van der Waals surface area contributed by atoms with E-state index in [1.807, 2.05) is 0 Å². The van der Waals surface area contributed by atoms with Crippen molar-refractivity contribution < 1.29 is 9.47 Å². The molecule has 3 nitrogen and oxygen atoms in total. The Morgan fingerprint density at radius 1 is 1.33 bits per heavy atom. The van der Waals surface area contributed by atoms with E-state index in [0.29, 0.717) is 5.41 Å². The van der Waals surface area contributed by atoms with Gasteiger partial charge < -0.3 is 14.8 Å². The molecule has 1 fully saturated rings. The van der Waals surface area contributed by atoms with Gasteiger partial charge in [0.25, 0.3) is 0 Å². The predicted octanol–water partition coefficient (Wildman–Crippen LogP) is 2.85. The Morgan fingerprint density at radius 3 is 2.78 bits per heavy atom. The van der Waals surface area contributed by atoms with Gasteiger partial charge >= 0.3 is 0 Å². The molecule has 1 saturated heterocycles. The highest BCUT2D eigenvalue weighted by molar-refractivity contribution is 4.83. The average Bonchev–Trinajstić information content (AvgIpc) is 2.37. The standard InChI is InChI=1S/C15H31NO2/c1-4-16-12-15(7-5-9-18-13-15)8-11-17-10-6-14(2)3/h14,16H,4-13H2,1-3H3. The topological polar surface area (TPSA) is 30.5 Å². The molecule has 0 bridgehead atoms. The third-order valence-electron chi connectivity index (χ3n) is 3.77. The van der Waals surface area contributed by atoms with Crippen LogP contribution in [0, 0.1) is 11.3 Å². The van der Waals surface area contributed by atoms with E-state index in [4.69, 9.17) is 9.47 Å². The van der Waals surface area contributed by atoms with Crippen LogP contribution in [0.3, 0.4) is 0 Å². The summed E-state index contributed by atoms with van der Waals surface area (Å²) in [6.07, 6.45) is 4.75. The second kappa shape index (κ2) is 8.89. The maximum absolute atomic E-state index is 5.77. The van der Waals surface area contributed by atoms with Crippen LogP contribution >= 0.6 is 0 Å². The first-order valence-corrected chi connectivity index (χ1v) is 7.55. The molecule has 0 aromatic rings. The average molecular weight is 257 g/mol. The van der Waals surface area contributed by atoms with Gasteiger partial charge in [0, 0.05) is 31.8 Å². The van der Waals surface area contributed by atoms with Crippen LogP contribution in [0.25, 0.3) is 0 Å². The van der Waals surface area contributed by atoms with Crippen molar-refractivity contribution in [1.82, 2.24) is 5.32 Å². The second-order valence-corrected chi connectivity index (χ2v) is 5.98. The number of rotatable bonds is 9. The van der Waals surface area contributed by atoms with Gasteiger partial charge in [0.15, 0.2) is 0 Å². The van der Waals surface area contributed by atoms with E-state index in [2.05, 4.69) is 26.1 Å². The molecule has 1 aliphatic rings. The molecule has 1 atom stereocenters. The number of ether oxygens (including phenoxy) is 2. The smallest absolute Gasteiger partial charge is 0.0535 e. The Hall–Kier alpha value is -0.120. The van der Waals surface area contributed by atoms with Crippen molar-refractivity contribution >= 4 is 0 Å². The third-order valence-corrected chi connectivity index (χ3v) is 3.77. The summed E-state index contributed by atoms with van der Waals surface area (Å²) < 4.78 is 11.5. The molecular weight excluding hydrogens is 226 g/mol. The van der Waals surface area contributed by atoms with Gasteiger partial charge in [-0.2, -0.15) is 0 Å². The molecule has 1 unspecified atom stereocenters. The zero-order chi connectivity index (χ0) is 13.3. The van der Waals surface area contributed by atoms with E-state index in [0.717, 1.165) is 58.3 Å². The van der Waals surface area contributed by atoms with Crippen molar-refractivity contribution in [3.8, 4) is 0 Å². The first-order valence-electron chi connectivity index (χ1n) is 7.55. The summed E-state index contributed by atoms with van der Waals surface area (Å²) in [4.78, 5) is 0. The van der Waals surface area contributed by atoms with Crippen LogP contribution in [0.4, 0.5) is 0 Å².